The van der Waals surface area contributed by atoms with Crippen LogP contribution in [0.4, 0.5) is 0 Å². The molecular weight excluding hydrogens is 446 g/mol. The van der Waals surface area contributed by atoms with Gasteiger partial charge in [-0.05, 0) is 37.0 Å². The van der Waals surface area contributed by atoms with E-state index in [1.807, 2.05) is 24.3 Å². The molecule has 0 radical (unpaired) electrons. The molecule has 0 unspecified atom stereocenters. The average Bonchev–Trinajstić information content (AvgIpc) is 3.13. The highest BCUT2D eigenvalue weighted by molar-refractivity contribution is 9.10. The molecule has 30 heavy (non-hydrogen) atoms. The standard InChI is InChI=1S/C22H24BrN5O2/c1-15-5-8-27(9-6-15)22(30)17(13-24)11-18-14-28(10-7-20(25)29)26-21(18)16-3-2-4-19(23)12-16/h2-4,11-12,14-15H,5-10H2,1H3,(H2,25,29). The molecular formula is C22H24BrN5O2. The number of carbonyl (C=O) groups is 2. The van der Waals surface area contributed by atoms with Crippen molar-refractivity contribution in [2.75, 3.05) is 13.1 Å². The lowest BCUT2D eigenvalue weighted by Crippen LogP contribution is -2.38. The Morgan fingerprint density at radius 2 is 2.10 bits per heavy atom. The molecule has 1 aliphatic rings. The number of halogens is 1. The molecule has 1 aliphatic heterocycles. The van der Waals surface area contributed by atoms with E-state index in [2.05, 4.69) is 34.0 Å². The van der Waals surface area contributed by atoms with Crippen molar-refractivity contribution in [1.29, 1.82) is 5.26 Å². The van der Waals surface area contributed by atoms with Crippen LogP contribution in [0.5, 0.6) is 0 Å². The zero-order chi connectivity index (χ0) is 21.7. The van der Waals surface area contributed by atoms with Crippen LogP contribution in [-0.4, -0.2) is 39.6 Å². The topological polar surface area (TPSA) is 105 Å². The predicted molar refractivity (Wildman–Crippen MR) is 118 cm³/mol. The van der Waals surface area contributed by atoms with Crippen LogP contribution in [0.3, 0.4) is 0 Å². The summed E-state index contributed by atoms with van der Waals surface area (Å²) in [6, 6.07) is 9.67. The van der Waals surface area contributed by atoms with Gasteiger partial charge in [-0.25, -0.2) is 0 Å². The van der Waals surface area contributed by atoms with Gasteiger partial charge in [0.25, 0.3) is 5.91 Å². The van der Waals surface area contributed by atoms with Gasteiger partial charge >= 0.3 is 0 Å². The quantitative estimate of drug-likeness (QED) is 0.516. The van der Waals surface area contributed by atoms with Crippen molar-refractivity contribution in [3.05, 3.63) is 46.1 Å². The molecule has 2 aromatic rings. The lowest BCUT2D eigenvalue weighted by Gasteiger charge is -2.30. The summed E-state index contributed by atoms with van der Waals surface area (Å²) < 4.78 is 2.51. The fourth-order valence-electron chi connectivity index (χ4n) is 3.42. The number of amides is 2. The second-order valence-corrected chi connectivity index (χ2v) is 8.48. The summed E-state index contributed by atoms with van der Waals surface area (Å²) in [6.45, 7) is 3.82. The first-order chi connectivity index (χ1) is 14.4. The van der Waals surface area contributed by atoms with Gasteiger partial charge in [0, 0.05) is 47.9 Å². The predicted octanol–water partition coefficient (Wildman–Crippen LogP) is 3.35. The van der Waals surface area contributed by atoms with Crippen molar-refractivity contribution in [3.63, 3.8) is 0 Å². The van der Waals surface area contributed by atoms with Crippen molar-refractivity contribution in [1.82, 2.24) is 14.7 Å². The first-order valence-electron chi connectivity index (χ1n) is 9.90. The number of aromatic nitrogens is 2. The number of aryl methyl sites for hydroxylation is 1. The Hall–Kier alpha value is -2.92. The third kappa shape index (κ3) is 5.36. The molecule has 0 spiro atoms. The summed E-state index contributed by atoms with van der Waals surface area (Å²) in [5.41, 5.74) is 7.46. The Labute approximate surface area is 184 Å². The van der Waals surface area contributed by atoms with Gasteiger partial charge in [-0.1, -0.05) is 35.0 Å². The SMILES string of the molecule is CC1CCN(C(=O)C(C#N)=Cc2cn(CCC(N)=O)nc2-c2cccc(Br)c2)CC1. The van der Waals surface area contributed by atoms with Gasteiger partial charge in [0.2, 0.25) is 5.91 Å². The summed E-state index contributed by atoms with van der Waals surface area (Å²) in [7, 11) is 0. The van der Waals surface area contributed by atoms with Gasteiger partial charge in [-0.2, -0.15) is 10.4 Å². The van der Waals surface area contributed by atoms with Crippen LogP contribution < -0.4 is 5.73 Å². The Bertz CT molecular complexity index is 1010. The van der Waals surface area contributed by atoms with E-state index in [0.29, 0.717) is 36.8 Å². The molecule has 0 bridgehead atoms. The van der Waals surface area contributed by atoms with E-state index in [-0.39, 0.29) is 17.9 Å². The number of piperidine rings is 1. The fraction of sp³-hybridized carbons (Fsp3) is 0.364. The molecule has 2 N–H and O–H groups in total. The van der Waals surface area contributed by atoms with Crippen LogP contribution in [0, 0.1) is 17.2 Å². The second kappa shape index (κ2) is 9.72. The maximum atomic E-state index is 12.9. The Balaban J connectivity index is 1.96. The zero-order valence-electron chi connectivity index (χ0n) is 16.8. The number of nitrogens with two attached hydrogens (primary N) is 1. The minimum absolute atomic E-state index is 0.0789. The molecule has 1 aromatic heterocycles. The molecule has 3 rings (SSSR count). The van der Waals surface area contributed by atoms with E-state index in [9.17, 15) is 14.9 Å². The van der Waals surface area contributed by atoms with Gasteiger partial charge in [-0.3, -0.25) is 14.3 Å². The fourth-order valence-corrected chi connectivity index (χ4v) is 3.82. The summed E-state index contributed by atoms with van der Waals surface area (Å²) in [6.07, 6.45) is 5.36. The van der Waals surface area contributed by atoms with Crippen LogP contribution in [0.25, 0.3) is 17.3 Å². The number of hydrogen-bond donors (Lipinski definition) is 1. The van der Waals surface area contributed by atoms with Crippen LogP contribution in [0.1, 0.15) is 31.7 Å². The molecule has 7 nitrogen and oxygen atoms in total. The van der Waals surface area contributed by atoms with Crippen molar-refractivity contribution in [2.24, 2.45) is 11.7 Å². The minimum atomic E-state index is -0.418. The summed E-state index contributed by atoms with van der Waals surface area (Å²) in [4.78, 5) is 25.8. The maximum absolute atomic E-state index is 12.9. The van der Waals surface area contributed by atoms with E-state index in [1.54, 1.807) is 21.9 Å². The third-order valence-electron chi connectivity index (χ3n) is 5.20. The first-order valence-corrected chi connectivity index (χ1v) is 10.7. The van der Waals surface area contributed by atoms with Gasteiger partial charge in [-0.15, -0.1) is 0 Å². The average molecular weight is 470 g/mol. The summed E-state index contributed by atoms with van der Waals surface area (Å²) >= 11 is 3.46. The number of rotatable bonds is 6. The Kier molecular flexibility index (Phi) is 7.06. The van der Waals surface area contributed by atoms with Crippen molar-refractivity contribution < 1.29 is 9.59 Å². The van der Waals surface area contributed by atoms with Crippen molar-refractivity contribution in [3.8, 4) is 17.3 Å². The lowest BCUT2D eigenvalue weighted by atomic mass is 9.98. The van der Waals surface area contributed by atoms with Gasteiger partial charge < -0.3 is 10.6 Å². The molecule has 1 aromatic carbocycles. The second-order valence-electron chi connectivity index (χ2n) is 7.57. The molecule has 8 heteroatoms. The molecule has 156 valence electrons. The number of nitrogens with zero attached hydrogens (tertiary/aromatic N) is 4. The largest absolute Gasteiger partial charge is 0.370 e. The molecule has 0 atom stereocenters. The number of primary amides is 1. The van der Waals surface area contributed by atoms with Crippen LogP contribution in [0.15, 0.2) is 40.5 Å². The molecule has 2 amide bonds. The number of likely N-dealkylation sites (tertiary alicyclic amines) is 1. The van der Waals surface area contributed by atoms with Gasteiger partial charge in [0.1, 0.15) is 11.6 Å². The van der Waals surface area contributed by atoms with E-state index < -0.39 is 5.91 Å². The monoisotopic (exact) mass is 469 g/mol. The van der Waals surface area contributed by atoms with Gasteiger partial charge in [0.15, 0.2) is 0 Å². The maximum Gasteiger partial charge on any atom is 0.264 e. The molecule has 1 saturated heterocycles. The van der Waals surface area contributed by atoms with Crippen molar-refractivity contribution >= 4 is 33.8 Å². The molecule has 2 heterocycles. The van der Waals surface area contributed by atoms with Crippen LogP contribution in [0.2, 0.25) is 0 Å². The highest BCUT2D eigenvalue weighted by atomic mass is 79.9. The van der Waals surface area contributed by atoms with E-state index in [1.165, 1.54) is 0 Å². The van der Waals surface area contributed by atoms with Crippen LogP contribution >= 0.6 is 15.9 Å². The van der Waals surface area contributed by atoms with Crippen LogP contribution in [-0.2, 0) is 16.1 Å². The normalized spacial score (nSPS) is 15.1. The van der Waals surface area contributed by atoms with Gasteiger partial charge in [0.05, 0.1) is 5.69 Å². The highest BCUT2D eigenvalue weighted by Gasteiger charge is 2.24. The first kappa shape index (κ1) is 21.8. The third-order valence-corrected chi connectivity index (χ3v) is 5.69. The van der Waals surface area contributed by atoms with E-state index in [4.69, 9.17) is 5.73 Å². The van der Waals surface area contributed by atoms with E-state index >= 15 is 0 Å². The Morgan fingerprint density at radius 3 is 2.73 bits per heavy atom. The minimum Gasteiger partial charge on any atom is -0.370 e. The van der Waals surface area contributed by atoms with Crippen molar-refractivity contribution in [2.45, 2.75) is 32.7 Å². The summed E-state index contributed by atoms with van der Waals surface area (Å²) in [5.74, 6) is -0.0801. The number of nitriles is 1. The number of hydrogen-bond acceptors (Lipinski definition) is 4. The van der Waals surface area contributed by atoms with E-state index in [0.717, 1.165) is 22.9 Å². The number of benzene rings is 1. The lowest BCUT2D eigenvalue weighted by molar-refractivity contribution is -0.127. The Morgan fingerprint density at radius 1 is 1.37 bits per heavy atom. The smallest absolute Gasteiger partial charge is 0.264 e. The number of carbonyl (C=O) groups excluding carboxylic acids is 2. The zero-order valence-corrected chi connectivity index (χ0v) is 18.4. The highest BCUT2D eigenvalue weighted by Crippen LogP contribution is 2.27. The summed E-state index contributed by atoms with van der Waals surface area (Å²) in [5, 5.41) is 14.2. The molecule has 0 saturated carbocycles. The molecule has 1 fully saturated rings. The molecule has 0 aliphatic carbocycles.